The molecule has 2 bridgehead atoms. The van der Waals surface area contributed by atoms with Crippen molar-refractivity contribution >= 4 is 62.8 Å². The molecule has 5 rings (SSSR count). The van der Waals surface area contributed by atoms with Gasteiger partial charge < -0.3 is 20.1 Å². The SMILES string of the molecule is CCOC(=O)[C@H]1[C@H]2C(=O)N([C@@H](CO)Cc3ccccc3)C(C(=O)Nc3ccc(Cl)cc3)C23CC(Br)[C@@H]1S3. The molecule has 10 heteroatoms. The Morgan fingerprint density at radius 1 is 1.24 bits per heavy atom. The standard InChI is InChI=1S/C27H28BrClN2O5S/c1-2-36-26(35)20-21-25(34)31(18(14-32)12-15-6-4-3-5-7-15)23(27(21)13-19(28)22(20)37-27)24(33)30-17-10-8-16(29)9-11-17/h3-11,18-23,32H,2,12-14H2,1H3,(H,30,33)/t18-,19?,20+,21+,22+,23?,27?/m1/s1. The number of nitrogens with one attached hydrogen (secondary N) is 1. The zero-order valence-corrected chi connectivity index (χ0v) is 23.3. The molecule has 37 heavy (non-hydrogen) atoms. The molecule has 3 heterocycles. The van der Waals surface area contributed by atoms with E-state index in [2.05, 4.69) is 21.2 Å². The van der Waals surface area contributed by atoms with Gasteiger partial charge >= 0.3 is 5.97 Å². The first-order chi connectivity index (χ1) is 17.8. The number of nitrogens with zero attached hydrogens (tertiary/aromatic N) is 1. The third kappa shape index (κ3) is 4.58. The molecule has 0 aromatic heterocycles. The van der Waals surface area contributed by atoms with E-state index in [1.165, 1.54) is 11.8 Å². The molecule has 3 saturated heterocycles. The lowest BCUT2D eigenvalue weighted by Gasteiger charge is -2.37. The van der Waals surface area contributed by atoms with Gasteiger partial charge in [-0.15, -0.1) is 11.8 Å². The van der Waals surface area contributed by atoms with Crippen molar-refractivity contribution in [1.82, 2.24) is 4.90 Å². The number of thioether (sulfide) groups is 1. The van der Waals surface area contributed by atoms with Crippen LogP contribution in [-0.2, 0) is 25.5 Å². The van der Waals surface area contributed by atoms with Gasteiger partial charge in [0.2, 0.25) is 11.8 Å². The topological polar surface area (TPSA) is 95.9 Å². The summed E-state index contributed by atoms with van der Waals surface area (Å²) in [6.45, 7) is 1.64. The van der Waals surface area contributed by atoms with Crippen LogP contribution in [0.5, 0.6) is 0 Å². The van der Waals surface area contributed by atoms with Gasteiger partial charge in [0.1, 0.15) is 6.04 Å². The minimum atomic E-state index is -0.879. The van der Waals surface area contributed by atoms with Gasteiger partial charge in [0.15, 0.2) is 0 Å². The highest BCUT2D eigenvalue weighted by atomic mass is 79.9. The maximum Gasteiger partial charge on any atom is 0.310 e. The Labute approximate surface area is 233 Å². The molecule has 2 aromatic carbocycles. The van der Waals surface area contributed by atoms with E-state index in [0.29, 0.717) is 23.6 Å². The molecule has 0 radical (unpaired) electrons. The Morgan fingerprint density at radius 2 is 1.95 bits per heavy atom. The number of benzene rings is 2. The second-order valence-corrected chi connectivity index (χ2v) is 12.8. The first-order valence-corrected chi connectivity index (χ1v) is 14.5. The van der Waals surface area contributed by atoms with Crippen LogP contribution in [0.1, 0.15) is 18.9 Å². The molecule has 7 atom stereocenters. The summed E-state index contributed by atoms with van der Waals surface area (Å²) >= 11 is 11.3. The van der Waals surface area contributed by atoms with E-state index < -0.39 is 34.6 Å². The highest BCUT2D eigenvalue weighted by molar-refractivity contribution is 9.09. The summed E-state index contributed by atoms with van der Waals surface area (Å²) in [6.07, 6.45) is 0.930. The van der Waals surface area contributed by atoms with E-state index in [-0.39, 0.29) is 35.1 Å². The molecule has 3 aliphatic rings. The number of ether oxygens (including phenoxy) is 1. The third-order valence-electron chi connectivity index (χ3n) is 7.56. The van der Waals surface area contributed by atoms with Crippen LogP contribution < -0.4 is 5.32 Å². The molecule has 7 nitrogen and oxygen atoms in total. The number of alkyl halides is 1. The van der Waals surface area contributed by atoms with Gasteiger partial charge in [0, 0.05) is 20.8 Å². The van der Waals surface area contributed by atoms with E-state index >= 15 is 0 Å². The second kappa shape index (κ2) is 10.6. The van der Waals surface area contributed by atoms with Crippen LogP contribution in [0.25, 0.3) is 0 Å². The largest absolute Gasteiger partial charge is 0.466 e. The van der Waals surface area contributed by atoms with Crippen LogP contribution in [-0.4, -0.2) is 67.9 Å². The van der Waals surface area contributed by atoms with Gasteiger partial charge in [0.25, 0.3) is 0 Å². The number of carbonyl (C=O) groups excluding carboxylic acids is 3. The van der Waals surface area contributed by atoms with Gasteiger partial charge in [-0.05, 0) is 49.6 Å². The first-order valence-electron chi connectivity index (χ1n) is 12.3. The predicted octanol–water partition coefficient (Wildman–Crippen LogP) is 3.91. The fourth-order valence-corrected chi connectivity index (χ4v) is 9.86. The van der Waals surface area contributed by atoms with Crippen molar-refractivity contribution in [3.63, 3.8) is 0 Å². The number of fused-ring (bicyclic) bond motifs is 1. The Bertz CT molecular complexity index is 1190. The molecule has 3 fully saturated rings. The maximum atomic E-state index is 14.2. The molecule has 1 spiro atoms. The molecule has 0 saturated carbocycles. The number of halogens is 2. The van der Waals surface area contributed by atoms with Crippen molar-refractivity contribution in [3.8, 4) is 0 Å². The van der Waals surface area contributed by atoms with E-state index in [4.69, 9.17) is 16.3 Å². The van der Waals surface area contributed by atoms with Gasteiger partial charge in [0.05, 0.1) is 35.8 Å². The highest BCUT2D eigenvalue weighted by Gasteiger charge is 2.76. The normalized spacial score (nSPS) is 30.8. The lowest BCUT2D eigenvalue weighted by atomic mass is 9.71. The molecule has 3 unspecified atom stereocenters. The van der Waals surface area contributed by atoms with Crippen molar-refractivity contribution in [2.45, 2.75) is 46.7 Å². The number of hydrogen-bond acceptors (Lipinski definition) is 6. The number of aliphatic hydroxyl groups is 1. The quantitative estimate of drug-likeness (QED) is 0.349. The van der Waals surface area contributed by atoms with E-state index in [0.717, 1.165) is 5.56 Å². The maximum absolute atomic E-state index is 14.2. The van der Waals surface area contributed by atoms with Gasteiger partial charge in [-0.2, -0.15) is 0 Å². The van der Waals surface area contributed by atoms with E-state index in [9.17, 15) is 19.5 Å². The van der Waals surface area contributed by atoms with Crippen LogP contribution >= 0.6 is 39.3 Å². The van der Waals surface area contributed by atoms with Crippen LogP contribution in [0, 0.1) is 11.8 Å². The first kappa shape index (κ1) is 26.5. The summed E-state index contributed by atoms with van der Waals surface area (Å²) in [4.78, 5) is 42.8. The number of anilines is 1. The van der Waals surface area contributed by atoms with Gasteiger partial charge in [-0.3, -0.25) is 14.4 Å². The molecule has 196 valence electrons. The second-order valence-electron chi connectivity index (χ2n) is 9.68. The minimum Gasteiger partial charge on any atom is -0.466 e. The van der Waals surface area contributed by atoms with Crippen LogP contribution in [0.4, 0.5) is 5.69 Å². The monoisotopic (exact) mass is 606 g/mol. The van der Waals surface area contributed by atoms with E-state index in [1.807, 2.05) is 30.3 Å². The molecular weight excluding hydrogens is 580 g/mol. The number of amides is 2. The average Bonchev–Trinajstić information content (AvgIpc) is 3.48. The molecule has 2 amide bonds. The Hall–Kier alpha value is -2.07. The van der Waals surface area contributed by atoms with Crippen molar-refractivity contribution in [2.24, 2.45) is 11.8 Å². The van der Waals surface area contributed by atoms with Crippen LogP contribution in [0.3, 0.4) is 0 Å². The summed E-state index contributed by atoms with van der Waals surface area (Å²) in [7, 11) is 0. The van der Waals surface area contributed by atoms with Crippen LogP contribution in [0.15, 0.2) is 54.6 Å². The van der Waals surface area contributed by atoms with Crippen LogP contribution in [0.2, 0.25) is 5.02 Å². The number of carbonyl (C=O) groups is 3. The number of aliphatic hydroxyl groups excluding tert-OH is 1. The number of esters is 1. The zero-order chi connectivity index (χ0) is 26.3. The summed E-state index contributed by atoms with van der Waals surface area (Å²) in [5.41, 5.74) is 1.50. The zero-order valence-electron chi connectivity index (χ0n) is 20.2. The number of likely N-dealkylation sites (tertiary alicyclic amines) is 1. The summed E-state index contributed by atoms with van der Waals surface area (Å²) in [5.74, 6) is -2.41. The molecule has 2 aromatic rings. The Balaban J connectivity index is 1.56. The third-order valence-corrected chi connectivity index (χ3v) is 11.0. The Kier molecular flexibility index (Phi) is 7.60. The molecule has 2 N–H and O–H groups in total. The highest BCUT2D eigenvalue weighted by Crippen LogP contribution is 2.68. The number of rotatable bonds is 8. The minimum absolute atomic E-state index is 0.0524. The van der Waals surface area contributed by atoms with Crippen molar-refractivity contribution < 1.29 is 24.2 Å². The van der Waals surface area contributed by atoms with E-state index in [1.54, 1.807) is 36.1 Å². The summed E-state index contributed by atoms with van der Waals surface area (Å²) < 4.78 is 4.57. The molecule has 0 aliphatic carbocycles. The Morgan fingerprint density at radius 3 is 2.59 bits per heavy atom. The van der Waals surface area contributed by atoms with Crippen molar-refractivity contribution in [3.05, 3.63) is 65.2 Å². The lowest BCUT2D eigenvalue weighted by Crippen LogP contribution is -2.55. The predicted molar refractivity (Wildman–Crippen MR) is 147 cm³/mol. The van der Waals surface area contributed by atoms with Crippen molar-refractivity contribution in [2.75, 3.05) is 18.5 Å². The fourth-order valence-electron chi connectivity index (χ4n) is 6.15. The van der Waals surface area contributed by atoms with Gasteiger partial charge in [-0.1, -0.05) is 57.9 Å². The number of hydrogen-bond donors (Lipinski definition) is 2. The summed E-state index contributed by atoms with van der Waals surface area (Å²) in [6, 6.07) is 14.8. The lowest BCUT2D eigenvalue weighted by molar-refractivity contribution is -0.154. The smallest absolute Gasteiger partial charge is 0.310 e. The molecular formula is C27H28BrClN2O5S. The van der Waals surface area contributed by atoms with Crippen molar-refractivity contribution in [1.29, 1.82) is 0 Å². The summed E-state index contributed by atoms with van der Waals surface area (Å²) in [5, 5.41) is 13.8. The van der Waals surface area contributed by atoms with Gasteiger partial charge in [-0.25, -0.2) is 0 Å². The average molecular weight is 608 g/mol. The fraction of sp³-hybridized carbons (Fsp3) is 0.444. The molecule has 3 aliphatic heterocycles.